The molecule has 62 valence electrons. The van der Waals surface area contributed by atoms with Crippen LogP contribution in [0.3, 0.4) is 0 Å². The van der Waals surface area contributed by atoms with Crippen LogP contribution in [0, 0.1) is 5.92 Å². The minimum absolute atomic E-state index is 0.291. The van der Waals surface area contributed by atoms with Crippen molar-refractivity contribution >= 4 is 0 Å². The molecule has 0 saturated carbocycles. The first kappa shape index (κ1) is 9.92. The van der Waals surface area contributed by atoms with Crippen LogP contribution in [0.2, 0.25) is 0 Å². The highest BCUT2D eigenvalue weighted by Crippen LogP contribution is 1.89. The Hall–Kier alpha value is -0.0800. The van der Waals surface area contributed by atoms with E-state index in [1.807, 2.05) is 6.92 Å². The van der Waals surface area contributed by atoms with Gasteiger partial charge in [-0.15, -0.1) is 0 Å². The SMILES string of the molecule is CCCCNCC(C)CO. The molecule has 0 amide bonds. The number of nitrogens with one attached hydrogen (secondary N) is 1. The van der Waals surface area contributed by atoms with Crippen molar-refractivity contribution in [3.05, 3.63) is 0 Å². The maximum absolute atomic E-state index is 8.65. The Labute approximate surface area is 63.6 Å². The van der Waals surface area contributed by atoms with Crippen molar-refractivity contribution in [1.82, 2.24) is 5.32 Å². The summed E-state index contributed by atoms with van der Waals surface area (Å²) >= 11 is 0. The Balaban J connectivity index is 2.89. The van der Waals surface area contributed by atoms with E-state index in [9.17, 15) is 0 Å². The van der Waals surface area contributed by atoms with Gasteiger partial charge in [0.05, 0.1) is 0 Å². The molecule has 0 aromatic heterocycles. The van der Waals surface area contributed by atoms with E-state index in [4.69, 9.17) is 5.11 Å². The predicted molar refractivity (Wildman–Crippen MR) is 44.0 cm³/mol. The Kier molecular flexibility index (Phi) is 6.98. The van der Waals surface area contributed by atoms with Crippen LogP contribution in [-0.2, 0) is 0 Å². The maximum Gasteiger partial charge on any atom is 0.0468 e. The second kappa shape index (κ2) is 7.03. The summed E-state index contributed by atoms with van der Waals surface area (Å²) in [6.45, 7) is 6.53. The van der Waals surface area contributed by atoms with Crippen LogP contribution in [0.4, 0.5) is 0 Å². The van der Waals surface area contributed by atoms with Gasteiger partial charge in [-0.2, -0.15) is 0 Å². The molecule has 0 radical (unpaired) electrons. The lowest BCUT2D eigenvalue weighted by molar-refractivity contribution is 0.234. The molecule has 0 spiro atoms. The van der Waals surface area contributed by atoms with Crippen molar-refractivity contribution in [3.63, 3.8) is 0 Å². The molecule has 0 saturated heterocycles. The van der Waals surface area contributed by atoms with Gasteiger partial charge in [0, 0.05) is 6.61 Å². The van der Waals surface area contributed by atoms with Gasteiger partial charge in [0.15, 0.2) is 0 Å². The zero-order valence-corrected chi connectivity index (χ0v) is 7.06. The number of hydrogen-bond donors (Lipinski definition) is 2. The zero-order valence-electron chi connectivity index (χ0n) is 7.06. The van der Waals surface area contributed by atoms with E-state index >= 15 is 0 Å². The van der Waals surface area contributed by atoms with E-state index < -0.39 is 0 Å². The summed E-state index contributed by atoms with van der Waals surface area (Å²) in [5, 5.41) is 11.9. The maximum atomic E-state index is 8.65. The molecule has 0 aliphatic carbocycles. The summed E-state index contributed by atoms with van der Waals surface area (Å²) in [6.07, 6.45) is 2.47. The minimum atomic E-state index is 0.291. The molecule has 0 bridgehead atoms. The molecule has 2 N–H and O–H groups in total. The van der Waals surface area contributed by atoms with Gasteiger partial charge >= 0.3 is 0 Å². The van der Waals surface area contributed by atoms with Crippen molar-refractivity contribution in [2.24, 2.45) is 5.92 Å². The third kappa shape index (κ3) is 6.05. The third-order valence-corrected chi connectivity index (χ3v) is 1.51. The molecular weight excluding hydrogens is 126 g/mol. The second-order valence-electron chi connectivity index (χ2n) is 2.85. The topological polar surface area (TPSA) is 32.3 Å². The molecule has 0 aliphatic heterocycles. The monoisotopic (exact) mass is 145 g/mol. The van der Waals surface area contributed by atoms with Crippen molar-refractivity contribution in [1.29, 1.82) is 0 Å². The van der Waals surface area contributed by atoms with Gasteiger partial charge in [-0.1, -0.05) is 20.3 Å². The van der Waals surface area contributed by atoms with E-state index in [1.165, 1.54) is 12.8 Å². The van der Waals surface area contributed by atoms with Crippen LogP contribution in [-0.4, -0.2) is 24.8 Å². The molecule has 2 heteroatoms. The van der Waals surface area contributed by atoms with E-state index in [0.29, 0.717) is 12.5 Å². The highest BCUT2D eigenvalue weighted by atomic mass is 16.3. The molecule has 0 fully saturated rings. The fourth-order valence-corrected chi connectivity index (χ4v) is 0.715. The van der Waals surface area contributed by atoms with E-state index in [1.54, 1.807) is 0 Å². The summed E-state index contributed by atoms with van der Waals surface area (Å²) in [5.74, 6) is 0.400. The number of aliphatic hydroxyl groups excluding tert-OH is 1. The molecule has 0 aromatic carbocycles. The summed E-state index contributed by atoms with van der Waals surface area (Å²) in [4.78, 5) is 0. The molecule has 2 nitrogen and oxygen atoms in total. The molecular formula is C8H19NO. The molecule has 10 heavy (non-hydrogen) atoms. The van der Waals surface area contributed by atoms with E-state index in [0.717, 1.165) is 13.1 Å². The molecule has 1 atom stereocenters. The fourth-order valence-electron chi connectivity index (χ4n) is 0.715. The lowest BCUT2D eigenvalue weighted by Crippen LogP contribution is -2.23. The van der Waals surface area contributed by atoms with Gasteiger partial charge in [-0.05, 0) is 25.4 Å². The van der Waals surface area contributed by atoms with Gasteiger partial charge in [-0.25, -0.2) is 0 Å². The van der Waals surface area contributed by atoms with Crippen molar-refractivity contribution < 1.29 is 5.11 Å². The van der Waals surface area contributed by atoms with Crippen LogP contribution in [0.25, 0.3) is 0 Å². The smallest absolute Gasteiger partial charge is 0.0468 e. The van der Waals surface area contributed by atoms with Crippen LogP contribution in [0.5, 0.6) is 0 Å². The average Bonchev–Trinajstić information content (AvgIpc) is 1.98. The fraction of sp³-hybridized carbons (Fsp3) is 1.00. The lowest BCUT2D eigenvalue weighted by atomic mass is 10.2. The number of hydrogen-bond acceptors (Lipinski definition) is 2. The predicted octanol–water partition coefficient (Wildman–Crippen LogP) is 1.00. The van der Waals surface area contributed by atoms with Gasteiger partial charge in [-0.3, -0.25) is 0 Å². The number of aliphatic hydroxyl groups is 1. The zero-order chi connectivity index (χ0) is 7.82. The third-order valence-electron chi connectivity index (χ3n) is 1.51. The quantitative estimate of drug-likeness (QED) is 0.547. The first-order valence-electron chi connectivity index (χ1n) is 4.12. The van der Waals surface area contributed by atoms with Crippen LogP contribution < -0.4 is 5.32 Å². The van der Waals surface area contributed by atoms with Crippen LogP contribution >= 0.6 is 0 Å². The minimum Gasteiger partial charge on any atom is -0.396 e. The van der Waals surface area contributed by atoms with Crippen LogP contribution in [0.1, 0.15) is 26.7 Å². The lowest BCUT2D eigenvalue weighted by Gasteiger charge is -2.07. The Bertz CT molecular complexity index is 66.3. The Morgan fingerprint density at radius 2 is 2.20 bits per heavy atom. The molecule has 1 unspecified atom stereocenters. The van der Waals surface area contributed by atoms with Crippen molar-refractivity contribution in [2.45, 2.75) is 26.7 Å². The molecule has 0 aromatic rings. The number of rotatable bonds is 6. The van der Waals surface area contributed by atoms with Crippen molar-refractivity contribution in [3.8, 4) is 0 Å². The standard InChI is InChI=1S/C8H19NO/c1-3-4-5-9-6-8(2)7-10/h8-10H,3-7H2,1-2H3. The first-order chi connectivity index (χ1) is 4.81. The summed E-state index contributed by atoms with van der Waals surface area (Å²) in [7, 11) is 0. The van der Waals surface area contributed by atoms with Gasteiger partial charge in [0.1, 0.15) is 0 Å². The first-order valence-corrected chi connectivity index (χ1v) is 4.12. The highest BCUT2D eigenvalue weighted by Gasteiger charge is 1.96. The van der Waals surface area contributed by atoms with Crippen LogP contribution in [0.15, 0.2) is 0 Å². The normalized spacial score (nSPS) is 13.5. The summed E-state index contributed by atoms with van der Waals surface area (Å²) in [6, 6.07) is 0. The molecule has 0 heterocycles. The summed E-state index contributed by atoms with van der Waals surface area (Å²) < 4.78 is 0. The van der Waals surface area contributed by atoms with E-state index in [-0.39, 0.29) is 0 Å². The van der Waals surface area contributed by atoms with Gasteiger partial charge in [0.2, 0.25) is 0 Å². The molecule has 0 aliphatic rings. The summed E-state index contributed by atoms with van der Waals surface area (Å²) in [5.41, 5.74) is 0. The Morgan fingerprint density at radius 1 is 1.50 bits per heavy atom. The number of unbranched alkanes of at least 4 members (excludes halogenated alkanes) is 1. The van der Waals surface area contributed by atoms with Gasteiger partial charge in [0.25, 0.3) is 0 Å². The molecule has 0 rings (SSSR count). The Morgan fingerprint density at radius 3 is 2.70 bits per heavy atom. The van der Waals surface area contributed by atoms with Gasteiger partial charge < -0.3 is 10.4 Å². The highest BCUT2D eigenvalue weighted by molar-refractivity contribution is 4.53. The second-order valence-corrected chi connectivity index (χ2v) is 2.85. The van der Waals surface area contributed by atoms with E-state index in [2.05, 4.69) is 12.2 Å². The average molecular weight is 145 g/mol. The van der Waals surface area contributed by atoms with Crippen molar-refractivity contribution in [2.75, 3.05) is 19.7 Å². The largest absolute Gasteiger partial charge is 0.396 e.